The van der Waals surface area contributed by atoms with Crippen LogP contribution in [0.1, 0.15) is 16.1 Å². The largest absolute Gasteiger partial charge is 0.348 e. The molecule has 6 nitrogen and oxygen atoms in total. The number of hydrazine groups is 1. The minimum Gasteiger partial charge on any atom is -0.348 e. The smallest absolute Gasteiger partial charge is 0.278 e. The molecule has 0 atom stereocenters. The van der Waals surface area contributed by atoms with E-state index in [9.17, 15) is 4.79 Å². The number of halogens is 1. The minimum absolute atomic E-state index is 0.307. The van der Waals surface area contributed by atoms with Crippen LogP contribution in [0.2, 0.25) is 0 Å². The summed E-state index contributed by atoms with van der Waals surface area (Å²) in [5.74, 6) is -0.307. The molecule has 4 aromatic rings. The average Bonchev–Trinajstić information content (AvgIpc) is 3.36. The van der Waals surface area contributed by atoms with E-state index in [2.05, 4.69) is 60.6 Å². The first-order valence-corrected chi connectivity index (χ1v) is 11.0. The van der Waals surface area contributed by atoms with Gasteiger partial charge in [0.05, 0.1) is 12.0 Å². The molecule has 0 aliphatic rings. The Morgan fingerprint density at radius 3 is 2.41 bits per heavy atom. The van der Waals surface area contributed by atoms with Gasteiger partial charge in [0.25, 0.3) is 5.91 Å². The fourth-order valence-electron chi connectivity index (χ4n) is 3.15. The molecule has 0 aliphatic carbocycles. The fraction of sp³-hybridized carbons (Fsp3) is 0.0800. The number of aromatic nitrogens is 2. The van der Waals surface area contributed by atoms with Crippen molar-refractivity contribution in [1.82, 2.24) is 15.4 Å². The Bertz CT molecular complexity index is 1160. The van der Waals surface area contributed by atoms with Gasteiger partial charge in [-0.25, -0.2) is 10.4 Å². The van der Waals surface area contributed by atoms with Gasteiger partial charge in [-0.1, -0.05) is 58.4 Å². The maximum absolute atomic E-state index is 12.5. The molecule has 1 amide bonds. The molecule has 0 radical (unpaired) electrons. The number of H-pyrrole nitrogens is 1. The maximum atomic E-state index is 12.5. The Balaban J connectivity index is 1.51. The van der Waals surface area contributed by atoms with E-state index >= 15 is 0 Å². The molecule has 32 heavy (non-hydrogen) atoms. The zero-order valence-electron chi connectivity index (χ0n) is 17.3. The van der Waals surface area contributed by atoms with E-state index in [4.69, 9.17) is 0 Å². The second-order valence-corrected chi connectivity index (χ2v) is 7.99. The molecular formula is C25H22BrN5O. The van der Waals surface area contributed by atoms with Crippen LogP contribution in [0.5, 0.6) is 0 Å². The molecule has 3 aromatic carbocycles. The second-order valence-electron chi connectivity index (χ2n) is 7.07. The van der Waals surface area contributed by atoms with Crippen LogP contribution in [0.4, 0.5) is 5.69 Å². The Labute approximate surface area is 195 Å². The number of benzene rings is 3. The van der Waals surface area contributed by atoms with Crippen LogP contribution in [-0.2, 0) is 6.42 Å². The van der Waals surface area contributed by atoms with Crippen molar-refractivity contribution in [3.8, 4) is 11.1 Å². The molecule has 1 heterocycles. The lowest BCUT2D eigenvalue weighted by molar-refractivity contribution is 0.100. The first kappa shape index (κ1) is 21.7. The van der Waals surface area contributed by atoms with Crippen LogP contribution in [0.25, 0.3) is 11.1 Å². The molecule has 0 bridgehead atoms. The van der Waals surface area contributed by atoms with E-state index in [1.165, 1.54) is 6.34 Å². The number of nitrogens with one attached hydrogen (secondary N) is 2. The summed E-state index contributed by atoms with van der Waals surface area (Å²) in [4.78, 5) is 23.8. The van der Waals surface area contributed by atoms with Gasteiger partial charge in [-0.15, -0.1) is 0 Å². The maximum Gasteiger partial charge on any atom is 0.278 e. The highest BCUT2D eigenvalue weighted by Gasteiger charge is 2.08. The highest BCUT2D eigenvalue weighted by atomic mass is 79.9. The van der Waals surface area contributed by atoms with Crippen LogP contribution in [-0.4, -0.2) is 28.8 Å². The molecule has 0 unspecified atom stereocenters. The topological polar surface area (TPSA) is 73.4 Å². The summed E-state index contributed by atoms with van der Waals surface area (Å²) >= 11 is 3.38. The van der Waals surface area contributed by atoms with Gasteiger partial charge in [0, 0.05) is 34.9 Å². The van der Waals surface area contributed by atoms with Crippen LogP contribution in [0.3, 0.4) is 0 Å². The lowest BCUT2D eigenvalue weighted by Crippen LogP contribution is -2.38. The van der Waals surface area contributed by atoms with Crippen molar-refractivity contribution in [2.45, 2.75) is 6.42 Å². The molecule has 2 N–H and O–H groups in total. The third-order valence-electron chi connectivity index (χ3n) is 4.87. The fourth-order valence-corrected chi connectivity index (χ4v) is 3.42. The van der Waals surface area contributed by atoms with Gasteiger partial charge in [0.1, 0.15) is 6.34 Å². The summed E-state index contributed by atoms with van der Waals surface area (Å²) in [7, 11) is 0. The van der Waals surface area contributed by atoms with Crippen LogP contribution >= 0.6 is 15.9 Å². The standard InChI is InChI=1S/C25H22BrN5O/c26-22-10-6-21(7-11-22)25(32)29-18-31(30-15-14-23-16-27-17-28-23)24-12-8-20(9-13-24)19-4-2-1-3-5-19/h1-13,16-18,30H,14-15H2,(H,27,28). The van der Waals surface area contributed by atoms with E-state index in [1.54, 1.807) is 29.7 Å². The van der Waals surface area contributed by atoms with Gasteiger partial charge < -0.3 is 4.98 Å². The third-order valence-corrected chi connectivity index (χ3v) is 5.39. The molecule has 160 valence electrons. The molecule has 0 fully saturated rings. The SMILES string of the molecule is O=C(N=CN(NCCc1cnc[nH]1)c1ccc(-c2ccccc2)cc1)c1ccc(Br)cc1. The summed E-state index contributed by atoms with van der Waals surface area (Å²) < 4.78 is 0.915. The van der Waals surface area contributed by atoms with E-state index < -0.39 is 0 Å². The van der Waals surface area contributed by atoms with Gasteiger partial charge in [-0.2, -0.15) is 4.99 Å². The number of carbonyl (C=O) groups is 1. The number of aromatic amines is 1. The third kappa shape index (κ3) is 5.78. The summed E-state index contributed by atoms with van der Waals surface area (Å²) in [6, 6.07) is 25.4. The van der Waals surface area contributed by atoms with Gasteiger partial charge in [0.15, 0.2) is 0 Å². The second kappa shape index (κ2) is 10.7. The molecule has 0 saturated heterocycles. The molecule has 7 heteroatoms. The lowest BCUT2D eigenvalue weighted by Gasteiger charge is -2.21. The Morgan fingerprint density at radius 2 is 1.72 bits per heavy atom. The summed E-state index contributed by atoms with van der Waals surface area (Å²) in [6.07, 6.45) is 5.74. The summed E-state index contributed by atoms with van der Waals surface area (Å²) in [5, 5.41) is 1.77. The zero-order valence-corrected chi connectivity index (χ0v) is 18.9. The van der Waals surface area contributed by atoms with Gasteiger partial charge >= 0.3 is 0 Å². The van der Waals surface area contributed by atoms with Crippen molar-refractivity contribution in [2.75, 3.05) is 11.6 Å². The van der Waals surface area contributed by atoms with Crippen LogP contribution in [0, 0.1) is 0 Å². The monoisotopic (exact) mass is 487 g/mol. The average molecular weight is 488 g/mol. The highest BCUT2D eigenvalue weighted by molar-refractivity contribution is 9.10. The number of aliphatic imine (C=N–C) groups is 1. The van der Waals surface area contributed by atoms with Gasteiger partial charge in [-0.05, 0) is 47.5 Å². The van der Waals surface area contributed by atoms with Crippen molar-refractivity contribution < 1.29 is 4.79 Å². The first-order chi connectivity index (χ1) is 15.7. The van der Waals surface area contributed by atoms with E-state index in [0.717, 1.165) is 33.4 Å². The van der Waals surface area contributed by atoms with Crippen molar-refractivity contribution in [1.29, 1.82) is 0 Å². The Morgan fingerprint density at radius 1 is 1.00 bits per heavy atom. The Hall–Kier alpha value is -3.55. The quantitative estimate of drug-likeness (QED) is 0.202. The number of nitrogens with zero attached hydrogens (tertiary/aromatic N) is 3. The normalized spacial score (nSPS) is 11.0. The molecule has 0 saturated carbocycles. The van der Waals surface area contributed by atoms with Crippen molar-refractivity contribution >= 4 is 33.9 Å². The molecule has 1 aromatic heterocycles. The van der Waals surface area contributed by atoms with Crippen molar-refractivity contribution in [2.24, 2.45) is 4.99 Å². The number of imidazole rings is 1. The molecule has 4 rings (SSSR count). The number of anilines is 1. The van der Waals surface area contributed by atoms with Gasteiger partial charge in [0.2, 0.25) is 0 Å². The van der Waals surface area contributed by atoms with Crippen molar-refractivity contribution in [3.05, 3.63) is 107 Å². The van der Waals surface area contributed by atoms with Crippen LogP contribution in [0.15, 0.2) is 101 Å². The first-order valence-electron chi connectivity index (χ1n) is 10.2. The molecule has 0 spiro atoms. The predicted octanol–water partition coefficient (Wildman–Crippen LogP) is 5.26. The molecule has 0 aliphatic heterocycles. The van der Waals surface area contributed by atoms with E-state index in [0.29, 0.717) is 12.1 Å². The van der Waals surface area contributed by atoms with E-state index in [-0.39, 0.29) is 5.91 Å². The lowest BCUT2D eigenvalue weighted by atomic mass is 10.1. The highest BCUT2D eigenvalue weighted by Crippen LogP contribution is 2.22. The number of amides is 1. The summed E-state index contributed by atoms with van der Waals surface area (Å²) in [6.45, 7) is 0.640. The number of rotatable bonds is 8. The van der Waals surface area contributed by atoms with Crippen LogP contribution < -0.4 is 10.4 Å². The molecular weight excluding hydrogens is 466 g/mol. The number of hydrogen-bond donors (Lipinski definition) is 2. The van der Waals surface area contributed by atoms with Gasteiger partial charge in [-0.3, -0.25) is 9.80 Å². The minimum atomic E-state index is -0.307. The van der Waals surface area contributed by atoms with E-state index in [1.807, 2.05) is 42.5 Å². The zero-order chi connectivity index (χ0) is 22.2. The number of carbonyl (C=O) groups excluding carboxylic acids is 1. The summed E-state index contributed by atoms with van der Waals surface area (Å²) in [5.41, 5.74) is 8.03. The Kier molecular flexibility index (Phi) is 7.22. The van der Waals surface area contributed by atoms with Crippen molar-refractivity contribution in [3.63, 3.8) is 0 Å². The number of hydrogen-bond acceptors (Lipinski definition) is 3. The predicted molar refractivity (Wildman–Crippen MR) is 132 cm³/mol.